The first-order valence-corrected chi connectivity index (χ1v) is 9.27. The number of halogens is 1. The number of hydrogen-bond donors (Lipinski definition) is 3. The zero-order valence-corrected chi connectivity index (χ0v) is 16.4. The fourth-order valence-corrected chi connectivity index (χ4v) is 3.24. The van der Waals surface area contributed by atoms with Crippen molar-refractivity contribution in [2.45, 2.75) is 45.1 Å². The molecule has 1 fully saturated rings. The van der Waals surface area contributed by atoms with Gasteiger partial charge in [-0.05, 0) is 35.6 Å². The molecule has 27 heavy (non-hydrogen) atoms. The van der Waals surface area contributed by atoms with Crippen LogP contribution in [0.5, 0.6) is 5.75 Å². The van der Waals surface area contributed by atoms with Gasteiger partial charge in [0.15, 0.2) is 0 Å². The Balaban J connectivity index is 2.12. The molecule has 1 aliphatic heterocycles. The molecular formula is C21H23ClN2O3. The molecule has 3 N–H and O–H groups in total. The average molecular weight is 387 g/mol. The van der Waals surface area contributed by atoms with Crippen molar-refractivity contribution in [2.75, 3.05) is 0 Å². The molecule has 1 aromatic heterocycles. The molecule has 6 heteroatoms. The van der Waals surface area contributed by atoms with Crippen LogP contribution in [0.1, 0.15) is 50.4 Å². The molecule has 0 radical (unpaired) electrons. The Morgan fingerprint density at radius 1 is 1.22 bits per heavy atom. The van der Waals surface area contributed by atoms with Crippen LogP contribution in [0.25, 0.3) is 5.57 Å². The first-order chi connectivity index (χ1) is 12.6. The molecule has 1 aromatic carbocycles. The van der Waals surface area contributed by atoms with Crippen LogP contribution >= 0.6 is 11.6 Å². The van der Waals surface area contributed by atoms with Crippen LogP contribution in [0.2, 0.25) is 5.02 Å². The van der Waals surface area contributed by atoms with Crippen molar-refractivity contribution >= 4 is 23.1 Å². The number of phenols is 1. The van der Waals surface area contributed by atoms with Gasteiger partial charge >= 0.3 is 0 Å². The molecule has 0 aliphatic carbocycles. The van der Waals surface area contributed by atoms with E-state index in [0.29, 0.717) is 29.7 Å². The van der Waals surface area contributed by atoms with E-state index in [4.69, 9.17) is 11.6 Å². The molecule has 1 amide bonds. The summed E-state index contributed by atoms with van der Waals surface area (Å²) in [4.78, 5) is 26.3. The second-order valence-corrected chi connectivity index (χ2v) is 8.23. The summed E-state index contributed by atoms with van der Waals surface area (Å²) in [5.74, 6) is 0.112. The maximum atomic E-state index is 12.0. The average Bonchev–Trinajstić information content (AvgIpc) is 3.00. The fourth-order valence-electron chi connectivity index (χ4n) is 3.13. The molecule has 0 bridgehead atoms. The maximum Gasteiger partial charge on any atom is 0.267 e. The molecule has 1 aliphatic rings. The van der Waals surface area contributed by atoms with E-state index in [0.717, 1.165) is 5.56 Å². The Morgan fingerprint density at radius 2 is 1.96 bits per heavy atom. The van der Waals surface area contributed by atoms with Crippen molar-refractivity contribution in [3.05, 3.63) is 68.6 Å². The predicted molar refractivity (Wildman–Crippen MR) is 107 cm³/mol. The molecular weight excluding hydrogens is 364 g/mol. The number of hydrogen-bond acceptors (Lipinski definition) is 3. The number of aromatic nitrogens is 1. The molecule has 1 saturated heterocycles. The lowest BCUT2D eigenvalue weighted by Gasteiger charge is -2.21. The first-order valence-electron chi connectivity index (χ1n) is 8.89. The van der Waals surface area contributed by atoms with Crippen molar-refractivity contribution in [3.63, 3.8) is 0 Å². The predicted octanol–water partition coefficient (Wildman–Crippen LogP) is 3.74. The van der Waals surface area contributed by atoms with Gasteiger partial charge in [0, 0.05) is 29.3 Å². The van der Waals surface area contributed by atoms with Crippen molar-refractivity contribution in [1.29, 1.82) is 0 Å². The second kappa shape index (κ2) is 7.24. The number of carbonyl (C=O) groups excluding carboxylic acids is 1. The molecule has 0 unspecified atom stereocenters. The number of rotatable bonds is 3. The van der Waals surface area contributed by atoms with E-state index in [1.807, 2.05) is 18.2 Å². The van der Waals surface area contributed by atoms with Crippen LogP contribution in [0.15, 0.2) is 41.2 Å². The standard InChI is InChI=1S/C21H23ClN2O3/c1-21(2,3)12-4-6-14(18(25)10-12)15(11-13-5-9-19(26)23-13)17-8-7-16(22)20(27)24-17/h4,6-8,10-11,13,25H,5,9H2,1-3H3,(H,23,26)(H,24,27)/b15-11-/t13-/m1/s1. The fraction of sp³-hybridized carbons (Fsp3) is 0.333. The number of pyridine rings is 1. The first kappa shape index (κ1) is 19.2. The number of nitrogens with one attached hydrogen (secondary N) is 2. The zero-order valence-electron chi connectivity index (χ0n) is 15.6. The van der Waals surface area contributed by atoms with Crippen molar-refractivity contribution in [1.82, 2.24) is 10.3 Å². The molecule has 3 rings (SSSR count). The maximum absolute atomic E-state index is 12.0. The summed E-state index contributed by atoms with van der Waals surface area (Å²) in [5.41, 5.74) is 2.26. The third-order valence-corrected chi connectivity index (χ3v) is 5.00. The van der Waals surface area contributed by atoms with Crippen LogP contribution in [-0.2, 0) is 10.2 Å². The molecule has 2 aromatic rings. The van der Waals surface area contributed by atoms with E-state index in [-0.39, 0.29) is 28.1 Å². The summed E-state index contributed by atoms with van der Waals surface area (Å²) >= 11 is 5.85. The minimum absolute atomic E-state index is 0.00694. The minimum Gasteiger partial charge on any atom is -0.507 e. The summed E-state index contributed by atoms with van der Waals surface area (Å²) in [6, 6.07) is 8.61. The highest BCUT2D eigenvalue weighted by Crippen LogP contribution is 2.34. The summed E-state index contributed by atoms with van der Waals surface area (Å²) in [6.07, 6.45) is 3.00. The normalized spacial score (nSPS) is 17.9. The molecule has 5 nitrogen and oxygen atoms in total. The Bertz CT molecular complexity index is 970. The highest BCUT2D eigenvalue weighted by atomic mass is 35.5. The Hall–Kier alpha value is -2.53. The quantitative estimate of drug-likeness (QED) is 0.751. The molecule has 2 heterocycles. The molecule has 0 saturated carbocycles. The zero-order chi connectivity index (χ0) is 19.8. The van der Waals surface area contributed by atoms with Crippen molar-refractivity contribution < 1.29 is 9.90 Å². The second-order valence-electron chi connectivity index (χ2n) is 7.82. The Kier molecular flexibility index (Phi) is 5.16. The number of amides is 1. The molecule has 1 atom stereocenters. The number of aromatic amines is 1. The van der Waals surface area contributed by atoms with Gasteiger partial charge in [-0.25, -0.2) is 0 Å². The summed E-state index contributed by atoms with van der Waals surface area (Å²) in [7, 11) is 0. The summed E-state index contributed by atoms with van der Waals surface area (Å²) in [5, 5.41) is 13.7. The van der Waals surface area contributed by atoms with E-state index in [9.17, 15) is 14.7 Å². The number of H-pyrrole nitrogens is 1. The van der Waals surface area contributed by atoms with Gasteiger partial charge < -0.3 is 15.4 Å². The topological polar surface area (TPSA) is 82.2 Å². The van der Waals surface area contributed by atoms with E-state index >= 15 is 0 Å². The monoisotopic (exact) mass is 386 g/mol. The third-order valence-electron chi connectivity index (χ3n) is 4.70. The smallest absolute Gasteiger partial charge is 0.267 e. The summed E-state index contributed by atoms with van der Waals surface area (Å²) in [6.45, 7) is 6.22. The van der Waals surface area contributed by atoms with Crippen LogP contribution in [0, 0.1) is 0 Å². The number of phenolic OH excluding ortho intramolecular Hbond substituents is 1. The van der Waals surface area contributed by atoms with E-state index in [1.165, 1.54) is 6.07 Å². The highest BCUT2D eigenvalue weighted by Gasteiger charge is 2.22. The van der Waals surface area contributed by atoms with E-state index in [1.54, 1.807) is 12.1 Å². The van der Waals surface area contributed by atoms with Gasteiger partial charge in [0.25, 0.3) is 5.56 Å². The van der Waals surface area contributed by atoms with Crippen molar-refractivity contribution in [2.24, 2.45) is 0 Å². The molecule has 142 valence electrons. The van der Waals surface area contributed by atoms with Gasteiger partial charge in [0.05, 0.1) is 0 Å². The number of carbonyl (C=O) groups is 1. The highest BCUT2D eigenvalue weighted by molar-refractivity contribution is 6.30. The van der Waals surface area contributed by atoms with Crippen LogP contribution < -0.4 is 10.9 Å². The Morgan fingerprint density at radius 3 is 2.52 bits per heavy atom. The van der Waals surface area contributed by atoms with Crippen LogP contribution in [-0.4, -0.2) is 22.0 Å². The van der Waals surface area contributed by atoms with Crippen LogP contribution in [0.4, 0.5) is 0 Å². The lowest BCUT2D eigenvalue weighted by atomic mass is 9.85. The van der Waals surface area contributed by atoms with Gasteiger partial charge in [-0.1, -0.05) is 50.6 Å². The van der Waals surface area contributed by atoms with Gasteiger partial charge in [-0.3, -0.25) is 9.59 Å². The SMILES string of the molecule is CC(C)(C)c1ccc(/C(=C/[C@H]2CCC(=O)N2)c2ccc(Cl)c(=O)[nH]2)c(O)c1. The van der Waals surface area contributed by atoms with Gasteiger partial charge in [0.2, 0.25) is 5.91 Å². The number of aromatic hydroxyl groups is 1. The summed E-state index contributed by atoms with van der Waals surface area (Å²) < 4.78 is 0. The minimum atomic E-state index is -0.402. The Labute approximate surface area is 163 Å². The van der Waals surface area contributed by atoms with E-state index in [2.05, 4.69) is 31.1 Å². The van der Waals surface area contributed by atoms with Gasteiger partial charge in [-0.15, -0.1) is 0 Å². The molecule has 0 spiro atoms. The largest absolute Gasteiger partial charge is 0.507 e. The van der Waals surface area contributed by atoms with Gasteiger partial charge in [-0.2, -0.15) is 0 Å². The third kappa shape index (κ3) is 4.25. The van der Waals surface area contributed by atoms with Gasteiger partial charge in [0.1, 0.15) is 10.8 Å². The lowest BCUT2D eigenvalue weighted by Crippen LogP contribution is -2.23. The van der Waals surface area contributed by atoms with E-state index < -0.39 is 5.56 Å². The van der Waals surface area contributed by atoms with Crippen LogP contribution in [0.3, 0.4) is 0 Å². The lowest BCUT2D eigenvalue weighted by molar-refractivity contribution is -0.119. The number of benzene rings is 1. The van der Waals surface area contributed by atoms with Crippen molar-refractivity contribution in [3.8, 4) is 5.75 Å².